The van der Waals surface area contributed by atoms with E-state index in [1.165, 1.54) is 0 Å². The molecule has 0 rings (SSSR count). The fourth-order valence-corrected chi connectivity index (χ4v) is 0.904. The highest BCUT2D eigenvalue weighted by Gasteiger charge is 2.42. The summed E-state index contributed by atoms with van der Waals surface area (Å²) >= 11 is 5.34. The van der Waals surface area contributed by atoms with Crippen molar-refractivity contribution in [3.63, 3.8) is 0 Å². The average Bonchev–Trinajstić information content (AvgIpc) is 2.09. The van der Waals surface area contributed by atoms with Crippen LogP contribution < -0.4 is 11.1 Å². The monoisotopic (exact) mass is 245 g/mol. The molecule has 0 spiro atoms. The van der Waals surface area contributed by atoms with E-state index < -0.39 is 24.5 Å². The highest BCUT2D eigenvalue weighted by Crippen LogP contribution is 2.25. The molecule has 4 N–H and O–H groups in total. The van der Waals surface area contributed by atoms with Gasteiger partial charge in [-0.25, -0.2) is 0 Å². The van der Waals surface area contributed by atoms with Crippen molar-refractivity contribution in [3.8, 4) is 0 Å². The molecule has 8 heteroatoms. The van der Waals surface area contributed by atoms with Gasteiger partial charge in [0.25, 0.3) is 0 Å². The minimum atomic E-state index is -4.57. The van der Waals surface area contributed by atoms with E-state index >= 15 is 0 Å². The molecule has 0 aromatic carbocycles. The van der Waals surface area contributed by atoms with Gasteiger partial charge < -0.3 is 16.3 Å². The Kier molecular flexibility index (Phi) is 5.45. The summed E-state index contributed by atoms with van der Waals surface area (Å²) in [6.07, 6.45) is -4.57. The molecular formula is C7H11ClF3N3O. The molecule has 0 heterocycles. The summed E-state index contributed by atoms with van der Waals surface area (Å²) in [4.78, 5) is 0. The van der Waals surface area contributed by atoms with Crippen molar-refractivity contribution in [3.05, 3.63) is 11.6 Å². The molecular weight excluding hydrogens is 235 g/mol. The molecule has 1 unspecified atom stereocenters. The maximum Gasteiger partial charge on any atom is 0.400 e. The van der Waals surface area contributed by atoms with Crippen molar-refractivity contribution in [1.29, 1.82) is 0 Å². The van der Waals surface area contributed by atoms with Crippen LogP contribution >= 0.6 is 11.6 Å². The molecule has 0 saturated heterocycles. The van der Waals surface area contributed by atoms with Gasteiger partial charge in [0.15, 0.2) is 5.84 Å². The van der Waals surface area contributed by atoms with E-state index in [1.54, 1.807) is 0 Å². The van der Waals surface area contributed by atoms with Crippen molar-refractivity contribution >= 4 is 17.4 Å². The van der Waals surface area contributed by atoms with E-state index in [4.69, 9.17) is 22.5 Å². The first-order valence-corrected chi connectivity index (χ1v) is 4.25. The number of halogens is 4. The molecule has 0 aliphatic rings. The molecule has 0 fully saturated rings. The zero-order valence-electron chi connectivity index (χ0n) is 7.68. The maximum atomic E-state index is 12.3. The molecule has 0 aliphatic carbocycles. The van der Waals surface area contributed by atoms with E-state index in [2.05, 4.69) is 17.1 Å². The van der Waals surface area contributed by atoms with Crippen LogP contribution in [0.5, 0.6) is 0 Å². The molecule has 0 radical (unpaired) electrons. The lowest BCUT2D eigenvalue weighted by molar-refractivity contribution is -0.154. The number of nitrogens with one attached hydrogen (secondary N) is 1. The first-order valence-electron chi connectivity index (χ1n) is 3.87. The van der Waals surface area contributed by atoms with Gasteiger partial charge in [-0.15, -0.1) is 0 Å². The third-order valence-electron chi connectivity index (χ3n) is 1.53. The minimum Gasteiger partial charge on any atom is -0.409 e. The normalized spacial score (nSPS) is 15.1. The smallest absolute Gasteiger partial charge is 0.400 e. The highest BCUT2D eigenvalue weighted by atomic mass is 35.5. The number of nitrogens with two attached hydrogens (primary N) is 1. The topological polar surface area (TPSA) is 70.6 Å². The summed E-state index contributed by atoms with van der Waals surface area (Å²) in [5.41, 5.74) is 4.90. The zero-order valence-corrected chi connectivity index (χ0v) is 8.44. The number of amidine groups is 1. The van der Waals surface area contributed by atoms with Gasteiger partial charge in [-0.1, -0.05) is 23.3 Å². The van der Waals surface area contributed by atoms with Crippen molar-refractivity contribution in [2.24, 2.45) is 16.8 Å². The lowest BCUT2D eigenvalue weighted by Gasteiger charge is -2.19. The van der Waals surface area contributed by atoms with Crippen LogP contribution in [-0.4, -0.2) is 30.3 Å². The maximum absolute atomic E-state index is 12.3. The Labute approximate surface area is 89.6 Å². The number of hydrogen-bond donors (Lipinski definition) is 3. The van der Waals surface area contributed by atoms with Crippen molar-refractivity contribution in [2.75, 3.05) is 13.1 Å². The number of hydrogen-bond acceptors (Lipinski definition) is 3. The Morgan fingerprint density at radius 2 is 2.13 bits per heavy atom. The summed E-state index contributed by atoms with van der Waals surface area (Å²) in [5, 5.41) is 13.1. The van der Waals surface area contributed by atoms with Gasteiger partial charge >= 0.3 is 6.18 Å². The summed E-state index contributed by atoms with van der Waals surface area (Å²) in [5.74, 6) is -2.94. The molecule has 15 heavy (non-hydrogen) atoms. The molecule has 0 aliphatic heterocycles. The predicted molar refractivity (Wildman–Crippen MR) is 50.8 cm³/mol. The van der Waals surface area contributed by atoms with Crippen LogP contribution in [0.15, 0.2) is 16.8 Å². The molecule has 0 aromatic heterocycles. The van der Waals surface area contributed by atoms with Crippen LogP contribution in [0.4, 0.5) is 13.2 Å². The Balaban J connectivity index is 4.34. The van der Waals surface area contributed by atoms with Crippen LogP contribution in [0.25, 0.3) is 0 Å². The quantitative estimate of drug-likeness (QED) is 0.296. The Morgan fingerprint density at radius 3 is 2.47 bits per heavy atom. The van der Waals surface area contributed by atoms with E-state index in [9.17, 15) is 13.2 Å². The van der Waals surface area contributed by atoms with Gasteiger partial charge in [0, 0.05) is 18.1 Å². The summed E-state index contributed by atoms with van der Waals surface area (Å²) < 4.78 is 36.9. The van der Waals surface area contributed by atoms with Crippen LogP contribution in [0.1, 0.15) is 0 Å². The molecule has 4 nitrogen and oxygen atoms in total. The number of alkyl halides is 3. The van der Waals surface area contributed by atoms with Gasteiger partial charge in [-0.05, 0) is 0 Å². The van der Waals surface area contributed by atoms with Gasteiger partial charge in [-0.2, -0.15) is 13.2 Å². The number of nitrogens with zero attached hydrogens (tertiary/aromatic N) is 1. The van der Waals surface area contributed by atoms with E-state index in [-0.39, 0.29) is 11.6 Å². The lowest BCUT2D eigenvalue weighted by atomic mass is 10.1. The largest absolute Gasteiger partial charge is 0.409 e. The summed E-state index contributed by atoms with van der Waals surface area (Å²) in [6.45, 7) is 2.79. The fraction of sp³-hybridized carbons (Fsp3) is 0.571. The summed E-state index contributed by atoms with van der Waals surface area (Å²) in [7, 11) is 0. The van der Waals surface area contributed by atoms with Crippen molar-refractivity contribution in [1.82, 2.24) is 5.32 Å². The second-order valence-corrected chi connectivity index (χ2v) is 3.30. The van der Waals surface area contributed by atoms with Crippen molar-refractivity contribution < 1.29 is 18.4 Å². The zero-order chi connectivity index (χ0) is 12.1. The van der Waals surface area contributed by atoms with Gasteiger partial charge in [0.2, 0.25) is 0 Å². The van der Waals surface area contributed by atoms with Crippen molar-refractivity contribution in [2.45, 2.75) is 6.18 Å². The number of rotatable bonds is 5. The van der Waals surface area contributed by atoms with E-state index in [0.29, 0.717) is 0 Å². The lowest BCUT2D eigenvalue weighted by Crippen LogP contribution is -2.43. The first kappa shape index (κ1) is 14.1. The van der Waals surface area contributed by atoms with Gasteiger partial charge in [0.1, 0.15) is 5.92 Å². The summed E-state index contributed by atoms with van der Waals surface area (Å²) in [6, 6.07) is 0. The Hall–Kier alpha value is -0.950. The van der Waals surface area contributed by atoms with E-state index in [0.717, 1.165) is 0 Å². The fourth-order valence-electron chi connectivity index (χ4n) is 0.810. The van der Waals surface area contributed by atoms with Crippen LogP contribution in [-0.2, 0) is 0 Å². The average molecular weight is 246 g/mol. The Morgan fingerprint density at radius 1 is 1.60 bits per heavy atom. The molecule has 0 bridgehead atoms. The standard InChI is InChI=1S/C7H11ClF3N3O/c1-4(8)2-13-3-5(6(12)14-15)7(9,10)11/h5,13,15H,1-3H2,(H2,12,14). The third-order valence-corrected chi connectivity index (χ3v) is 1.67. The van der Waals surface area contributed by atoms with Gasteiger partial charge in [-0.3, -0.25) is 0 Å². The van der Waals surface area contributed by atoms with Crippen LogP contribution in [0.2, 0.25) is 0 Å². The van der Waals surface area contributed by atoms with Crippen LogP contribution in [0, 0.1) is 5.92 Å². The van der Waals surface area contributed by atoms with E-state index in [1.807, 2.05) is 0 Å². The molecule has 0 aromatic rings. The second kappa shape index (κ2) is 5.82. The predicted octanol–water partition coefficient (Wildman–Crippen LogP) is 1.25. The molecule has 88 valence electrons. The second-order valence-electron chi connectivity index (χ2n) is 2.77. The Bertz CT molecular complexity index is 254. The number of oxime groups is 1. The highest BCUT2D eigenvalue weighted by molar-refractivity contribution is 6.29. The molecule has 0 amide bonds. The van der Waals surface area contributed by atoms with Crippen LogP contribution in [0.3, 0.4) is 0 Å². The SMILES string of the molecule is C=C(Cl)CNCC(C(N)=NO)C(F)(F)F. The van der Waals surface area contributed by atoms with Gasteiger partial charge in [0.05, 0.1) is 0 Å². The third kappa shape index (κ3) is 5.48. The first-order chi connectivity index (χ1) is 6.79. The minimum absolute atomic E-state index is 0.0207. The molecule has 1 atom stereocenters. The molecule has 0 saturated carbocycles.